The van der Waals surface area contributed by atoms with E-state index in [9.17, 15) is 9.59 Å². The number of amides is 2. The zero-order valence-electron chi connectivity index (χ0n) is 25.1. The molecule has 10 nitrogen and oxygen atoms in total. The second kappa shape index (κ2) is 11.9. The SMILES string of the molecule is Cc1ncn(C)c1-c1ccc(NC(=O)C(Cc2cc(-c3cnn(C(C)(C)C)c3)ccc2Cl)NC(=O)c2ccnn2C)cc1. The largest absolute Gasteiger partial charge is 0.339 e. The summed E-state index contributed by atoms with van der Waals surface area (Å²) in [6.07, 6.45) is 7.27. The summed E-state index contributed by atoms with van der Waals surface area (Å²) in [6.45, 7) is 8.20. The maximum absolute atomic E-state index is 13.7. The van der Waals surface area contributed by atoms with Gasteiger partial charge in [-0.2, -0.15) is 10.2 Å². The van der Waals surface area contributed by atoms with Gasteiger partial charge in [-0.25, -0.2) is 4.98 Å². The molecular formula is C32H35ClN8O2. The molecule has 222 valence electrons. The van der Waals surface area contributed by atoms with Crippen LogP contribution >= 0.6 is 11.6 Å². The van der Waals surface area contributed by atoms with Gasteiger partial charge in [0.2, 0.25) is 5.91 Å². The predicted molar refractivity (Wildman–Crippen MR) is 168 cm³/mol. The Kier molecular flexibility index (Phi) is 8.23. The van der Waals surface area contributed by atoms with Crippen molar-refractivity contribution in [1.29, 1.82) is 0 Å². The molecule has 1 atom stereocenters. The number of nitrogens with one attached hydrogen (secondary N) is 2. The second-order valence-corrected chi connectivity index (χ2v) is 12.0. The van der Waals surface area contributed by atoms with Gasteiger partial charge in [0, 0.05) is 54.7 Å². The van der Waals surface area contributed by atoms with Crippen LogP contribution in [-0.4, -0.2) is 47.0 Å². The monoisotopic (exact) mass is 598 g/mol. The highest BCUT2D eigenvalue weighted by molar-refractivity contribution is 6.31. The Hall–Kier alpha value is -4.70. The fraction of sp³-hybridized carbons (Fsp3) is 0.281. The highest BCUT2D eigenvalue weighted by Crippen LogP contribution is 2.28. The first-order chi connectivity index (χ1) is 20.4. The smallest absolute Gasteiger partial charge is 0.270 e. The fourth-order valence-corrected chi connectivity index (χ4v) is 5.10. The van der Waals surface area contributed by atoms with E-state index < -0.39 is 11.9 Å². The molecule has 43 heavy (non-hydrogen) atoms. The van der Waals surface area contributed by atoms with Crippen LogP contribution in [-0.2, 0) is 30.8 Å². The third kappa shape index (κ3) is 6.54. The molecule has 11 heteroatoms. The number of hydrogen-bond donors (Lipinski definition) is 2. The molecule has 0 spiro atoms. The van der Waals surface area contributed by atoms with Crippen molar-refractivity contribution in [2.75, 3.05) is 5.32 Å². The van der Waals surface area contributed by atoms with E-state index in [4.69, 9.17) is 11.6 Å². The molecule has 0 aliphatic heterocycles. The van der Waals surface area contributed by atoms with Crippen LogP contribution in [0.2, 0.25) is 5.02 Å². The molecule has 3 heterocycles. The summed E-state index contributed by atoms with van der Waals surface area (Å²) in [5.41, 5.74) is 6.23. The van der Waals surface area contributed by atoms with Crippen LogP contribution in [0, 0.1) is 6.92 Å². The summed E-state index contributed by atoms with van der Waals surface area (Å²) in [6, 6.07) is 13.9. The average molecular weight is 599 g/mol. The first-order valence-electron chi connectivity index (χ1n) is 13.9. The Morgan fingerprint density at radius 1 is 0.977 bits per heavy atom. The van der Waals surface area contributed by atoms with Gasteiger partial charge in [-0.1, -0.05) is 29.8 Å². The second-order valence-electron chi connectivity index (χ2n) is 11.6. The number of aromatic nitrogens is 6. The van der Waals surface area contributed by atoms with Crippen molar-refractivity contribution in [2.24, 2.45) is 14.1 Å². The number of hydrogen-bond acceptors (Lipinski definition) is 5. The van der Waals surface area contributed by atoms with Gasteiger partial charge in [-0.3, -0.25) is 19.0 Å². The van der Waals surface area contributed by atoms with Gasteiger partial charge < -0.3 is 15.2 Å². The average Bonchev–Trinajstić information content (AvgIpc) is 3.70. The molecule has 0 saturated carbocycles. The number of imidazole rings is 1. The van der Waals surface area contributed by atoms with Crippen LogP contribution in [0.3, 0.4) is 0 Å². The zero-order valence-corrected chi connectivity index (χ0v) is 25.8. The lowest BCUT2D eigenvalue weighted by Crippen LogP contribution is -2.45. The maximum Gasteiger partial charge on any atom is 0.270 e. The van der Waals surface area contributed by atoms with Crippen molar-refractivity contribution >= 4 is 29.1 Å². The lowest BCUT2D eigenvalue weighted by Gasteiger charge is -2.20. The number of halogens is 1. The number of nitrogens with zero attached hydrogens (tertiary/aromatic N) is 6. The van der Waals surface area contributed by atoms with E-state index >= 15 is 0 Å². The third-order valence-corrected chi connectivity index (χ3v) is 7.66. The van der Waals surface area contributed by atoms with E-state index in [1.165, 1.54) is 10.9 Å². The molecule has 0 saturated heterocycles. The molecule has 1 unspecified atom stereocenters. The van der Waals surface area contributed by atoms with Crippen LogP contribution < -0.4 is 10.6 Å². The van der Waals surface area contributed by atoms with Crippen molar-refractivity contribution in [1.82, 2.24) is 34.4 Å². The summed E-state index contributed by atoms with van der Waals surface area (Å²) < 4.78 is 5.32. The fourth-order valence-electron chi connectivity index (χ4n) is 4.91. The molecule has 3 aromatic heterocycles. The van der Waals surface area contributed by atoms with Crippen LogP contribution in [0.25, 0.3) is 22.4 Å². The van der Waals surface area contributed by atoms with Crippen LogP contribution in [0.1, 0.15) is 42.5 Å². The Labute approximate surface area is 255 Å². The van der Waals surface area contributed by atoms with Crippen molar-refractivity contribution < 1.29 is 9.59 Å². The van der Waals surface area contributed by atoms with E-state index in [1.807, 2.05) is 72.0 Å². The standard InChI is InChI=1S/C32H35ClN8O2/c1-20-29(39(5)19-34-20)21-7-10-25(11-8-21)37-30(42)27(38-31(43)28-13-14-35-40(28)6)16-23-15-22(9-12-26(23)33)24-17-36-41(18-24)32(2,3)4/h7-15,17-19,27H,16H2,1-6H3,(H,37,42)(H,38,43). The highest BCUT2D eigenvalue weighted by atomic mass is 35.5. The number of aryl methyl sites for hydroxylation is 3. The van der Waals surface area contributed by atoms with E-state index in [0.29, 0.717) is 16.4 Å². The van der Waals surface area contributed by atoms with Gasteiger partial charge in [0.25, 0.3) is 5.91 Å². The summed E-state index contributed by atoms with van der Waals surface area (Å²) in [5.74, 6) is -0.789. The predicted octanol–water partition coefficient (Wildman–Crippen LogP) is 5.38. The highest BCUT2D eigenvalue weighted by Gasteiger charge is 2.25. The minimum atomic E-state index is -0.925. The van der Waals surface area contributed by atoms with Gasteiger partial charge in [-0.15, -0.1) is 0 Å². The normalized spacial score (nSPS) is 12.3. The number of rotatable bonds is 8. The first kappa shape index (κ1) is 29.8. The Balaban J connectivity index is 1.41. The topological polar surface area (TPSA) is 112 Å². The van der Waals surface area contributed by atoms with E-state index in [1.54, 1.807) is 25.5 Å². The molecule has 0 bridgehead atoms. The Morgan fingerprint density at radius 3 is 2.30 bits per heavy atom. The lowest BCUT2D eigenvalue weighted by molar-refractivity contribution is -0.118. The van der Waals surface area contributed by atoms with Crippen LogP contribution in [0.4, 0.5) is 5.69 Å². The van der Waals surface area contributed by atoms with Gasteiger partial charge in [-0.05, 0) is 69.2 Å². The lowest BCUT2D eigenvalue weighted by atomic mass is 10.00. The Bertz CT molecular complexity index is 1760. The van der Waals surface area contributed by atoms with Crippen molar-refractivity contribution in [3.05, 3.63) is 95.4 Å². The summed E-state index contributed by atoms with van der Waals surface area (Å²) in [5, 5.41) is 14.9. The van der Waals surface area contributed by atoms with E-state index in [2.05, 4.69) is 46.6 Å². The molecule has 2 aromatic carbocycles. The third-order valence-electron chi connectivity index (χ3n) is 7.29. The van der Waals surface area contributed by atoms with Gasteiger partial charge in [0.15, 0.2) is 0 Å². The number of carbonyl (C=O) groups is 2. The minimum absolute atomic E-state index is 0.165. The van der Waals surface area contributed by atoms with E-state index in [-0.39, 0.29) is 17.9 Å². The number of carbonyl (C=O) groups excluding carboxylic acids is 2. The van der Waals surface area contributed by atoms with E-state index in [0.717, 1.165) is 33.6 Å². The zero-order chi connectivity index (χ0) is 30.9. The molecule has 0 fully saturated rings. The van der Waals surface area contributed by atoms with Gasteiger partial charge in [0.1, 0.15) is 11.7 Å². The molecule has 2 amide bonds. The van der Waals surface area contributed by atoms with Crippen LogP contribution in [0.5, 0.6) is 0 Å². The Morgan fingerprint density at radius 2 is 1.70 bits per heavy atom. The van der Waals surface area contributed by atoms with Crippen LogP contribution in [0.15, 0.2) is 73.4 Å². The molecule has 5 aromatic rings. The number of anilines is 1. The maximum atomic E-state index is 13.7. The molecular weight excluding hydrogens is 564 g/mol. The van der Waals surface area contributed by atoms with Crippen molar-refractivity contribution in [2.45, 2.75) is 45.7 Å². The van der Waals surface area contributed by atoms with Crippen molar-refractivity contribution in [3.8, 4) is 22.4 Å². The van der Waals surface area contributed by atoms with Gasteiger partial charge in [0.05, 0.1) is 29.5 Å². The first-order valence-corrected chi connectivity index (χ1v) is 14.3. The molecule has 2 N–H and O–H groups in total. The molecule has 0 aliphatic rings. The summed E-state index contributed by atoms with van der Waals surface area (Å²) in [7, 11) is 3.62. The van der Waals surface area contributed by atoms with Gasteiger partial charge >= 0.3 is 0 Å². The molecule has 5 rings (SSSR count). The summed E-state index contributed by atoms with van der Waals surface area (Å²) in [4.78, 5) is 31.2. The summed E-state index contributed by atoms with van der Waals surface area (Å²) >= 11 is 6.64. The molecule has 0 radical (unpaired) electrons. The number of benzene rings is 2. The quantitative estimate of drug-likeness (QED) is 0.249. The molecule has 0 aliphatic carbocycles. The minimum Gasteiger partial charge on any atom is -0.339 e. The van der Waals surface area contributed by atoms with Crippen molar-refractivity contribution in [3.63, 3.8) is 0 Å².